The zero-order chi connectivity index (χ0) is 11.7. The van der Waals surface area contributed by atoms with Crippen LogP contribution >= 0.6 is 24.4 Å². The average molecular weight is 329 g/mol. The van der Waals surface area contributed by atoms with Gasteiger partial charge in [0.1, 0.15) is 0 Å². The molecule has 91 valence electrons. The van der Waals surface area contributed by atoms with Crippen LogP contribution in [0.5, 0.6) is 0 Å². The van der Waals surface area contributed by atoms with Crippen LogP contribution in [-0.2, 0) is 51.5 Å². The smallest absolute Gasteiger partial charge is 0.511 e. The topological polar surface area (TPSA) is 18.5 Å². The molecule has 0 rings (SSSR count). The molecule has 0 aromatic carbocycles. The molecule has 0 aromatic heterocycles. The largest absolute Gasteiger partial charge is 2.00 e. The minimum Gasteiger partial charge on any atom is -0.511 e. The molecule has 0 spiro atoms. The maximum absolute atomic E-state index is 4.80. The van der Waals surface area contributed by atoms with Crippen LogP contribution in [0.4, 0.5) is 0 Å². The second-order valence-electron chi connectivity index (χ2n) is 2.83. The molecule has 0 unspecified atom stereocenters. The Morgan fingerprint density at radius 1 is 0.867 bits per heavy atom. The second kappa shape index (κ2) is 12.8. The van der Waals surface area contributed by atoms with Gasteiger partial charge in [0.05, 0.1) is 12.2 Å². The Kier molecular flexibility index (Phi) is 18.0. The van der Waals surface area contributed by atoms with Crippen LogP contribution in [0.1, 0.15) is 27.7 Å². The van der Waals surface area contributed by atoms with Gasteiger partial charge < -0.3 is 59.2 Å². The zero-order valence-corrected chi connectivity index (χ0v) is 13.2. The van der Waals surface area contributed by atoms with Crippen molar-refractivity contribution in [3.8, 4) is 0 Å². The molecule has 0 aromatic rings. The first kappa shape index (κ1) is 21.1. The summed E-state index contributed by atoms with van der Waals surface area (Å²) in [7, 11) is 0. The first-order valence-corrected chi connectivity index (χ1v) is 5.64. The summed E-state index contributed by atoms with van der Waals surface area (Å²) >= 11 is 17.9. The first-order valence-electron chi connectivity index (χ1n) is 4.01. The molecule has 1 radical (unpaired) electrons. The summed E-state index contributed by atoms with van der Waals surface area (Å²) in [5.41, 5.74) is 0. The Bertz CT molecular complexity index is 165. The van der Waals surface area contributed by atoms with E-state index < -0.39 is 0 Å². The molecular weight excluding hydrogens is 315 g/mol. The molecule has 0 aliphatic carbocycles. The Balaban J connectivity index is -0.000000180. The van der Waals surface area contributed by atoms with Crippen molar-refractivity contribution in [3.05, 3.63) is 0 Å². The molecule has 0 heterocycles. The van der Waals surface area contributed by atoms with Crippen LogP contribution in [0, 0.1) is 0 Å². The summed E-state index contributed by atoms with van der Waals surface area (Å²) in [6, 6.07) is 0. The van der Waals surface area contributed by atoms with Crippen LogP contribution in [0.2, 0.25) is 0 Å². The molecule has 0 bridgehead atoms. The van der Waals surface area contributed by atoms with Gasteiger partial charge in [-0.2, -0.15) is 0 Å². The van der Waals surface area contributed by atoms with Gasteiger partial charge in [0, 0.05) is 8.77 Å². The van der Waals surface area contributed by atoms with Crippen LogP contribution in [0.15, 0.2) is 0 Å². The van der Waals surface area contributed by atoms with E-state index in [4.69, 9.17) is 9.47 Å². The molecular formula is C8H14CoO2S4. The van der Waals surface area contributed by atoms with E-state index >= 15 is 0 Å². The number of rotatable bonds is 2. The fourth-order valence-corrected chi connectivity index (χ4v) is 1.15. The van der Waals surface area contributed by atoms with Gasteiger partial charge in [0.25, 0.3) is 0 Å². The molecule has 0 aliphatic rings. The molecule has 0 N–H and O–H groups in total. The van der Waals surface area contributed by atoms with Crippen molar-refractivity contribution < 1.29 is 26.3 Å². The summed E-state index contributed by atoms with van der Waals surface area (Å²) in [6.45, 7) is 7.55. The van der Waals surface area contributed by atoms with Crippen LogP contribution < -0.4 is 0 Å². The minimum absolute atomic E-state index is 0. The molecule has 0 amide bonds. The summed E-state index contributed by atoms with van der Waals surface area (Å²) in [6.07, 6.45) is 0.259. The van der Waals surface area contributed by atoms with Crippen molar-refractivity contribution >= 4 is 58.5 Å². The second-order valence-corrected chi connectivity index (χ2v) is 4.83. The van der Waals surface area contributed by atoms with E-state index in [1.54, 1.807) is 0 Å². The minimum atomic E-state index is 0. The Morgan fingerprint density at radius 3 is 1.07 bits per heavy atom. The number of hydrogen-bond acceptors (Lipinski definition) is 6. The van der Waals surface area contributed by atoms with Crippen molar-refractivity contribution in [2.75, 3.05) is 0 Å². The van der Waals surface area contributed by atoms with Crippen molar-refractivity contribution in [1.29, 1.82) is 0 Å². The molecule has 7 heteroatoms. The van der Waals surface area contributed by atoms with Gasteiger partial charge in [-0.1, -0.05) is 0 Å². The zero-order valence-electron chi connectivity index (χ0n) is 8.94. The van der Waals surface area contributed by atoms with Crippen molar-refractivity contribution in [2.45, 2.75) is 39.9 Å². The van der Waals surface area contributed by atoms with E-state index in [0.29, 0.717) is 0 Å². The van der Waals surface area contributed by atoms with Gasteiger partial charge in [-0.05, 0) is 27.7 Å². The van der Waals surface area contributed by atoms with Gasteiger partial charge >= 0.3 is 16.8 Å². The van der Waals surface area contributed by atoms with Crippen LogP contribution in [0.3, 0.4) is 0 Å². The molecule has 15 heavy (non-hydrogen) atoms. The van der Waals surface area contributed by atoms with Crippen LogP contribution in [-0.4, -0.2) is 21.0 Å². The Morgan fingerprint density at radius 2 is 1.07 bits per heavy atom. The standard InChI is InChI=1S/2C4H8OS2.Co/c2*1-3(2)5-4(6)7;/h2*3H,1-2H3,(H,6,7);/q;;+2/p-2. The van der Waals surface area contributed by atoms with E-state index in [1.807, 2.05) is 27.7 Å². The molecule has 2 nitrogen and oxygen atoms in total. The van der Waals surface area contributed by atoms with Crippen molar-refractivity contribution in [2.24, 2.45) is 0 Å². The summed E-state index contributed by atoms with van der Waals surface area (Å²) < 4.78 is 10.0. The predicted molar refractivity (Wildman–Crippen MR) is 72.4 cm³/mol. The van der Waals surface area contributed by atoms with E-state index in [0.717, 1.165) is 0 Å². The fourth-order valence-electron chi connectivity index (χ4n) is 0.385. The number of hydrogen-bond donors (Lipinski definition) is 0. The fraction of sp³-hybridized carbons (Fsp3) is 0.750. The van der Waals surface area contributed by atoms with Gasteiger partial charge in [-0.25, -0.2) is 0 Å². The van der Waals surface area contributed by atoms with Gasteiger partial charge in [-0.15, -0.1) is 0 Å². The van der Waals surface area contributed by atoms with E-state index in [1.165, 1.54) is 0 Å². The van der Waals surface area contributed by atoms with Gasteiger partial charge in [0.15, 0.2) is 0 Å². The molecule has 0 atom stereocenters. The summed E-state index contributed by atoms with van der Waals surface area (Å²) in [5, 5.41) is 0. The molecule has 0 saturated carbocycles. The predicted octanol–water partition coefficient (Wildman–Crippen LogP) is 2.48. The van der Waals surface area contributed by atoms with Gasteiger partial charge in [0.2, 0.25) is 0 Å². The van der Waals surface area contributed by atoms with E-state index in [-0.39, 0.29) is 37.8 Å². The SMILES string of the molecule is CC(C)OC(=S)[S-].CC(C)OC(=S)[S-].[Co+2]. The Labute approximate surface area is 124 Å². The van der Waals surface area contributed by atoms with Gasteiger partial charge in [-0.3, -0.25) is 0 Å². The molecule has 0 saturated heterocycles. The first-order chi connectivity index (χ1) is 6.25. The third-order valence-corrected chi connectivity index (χ3v) is 1.05. The summed E-state index contributed by atoms with van der Waals surface area (Å²) in [4.78, 5) is 0. The average Bonchev–Trinajstić information content (AvgIpc) is 1.79. The molecule has 0 aliphatic heterocycles. The van der Waals surface area contributed by atoms with E-state index in [2.05, 4.69) is 49.7 Å². The maximum atomic E-state index is 4.80. The summed E-state index contributed by atoms with van der Waals surface area (Å²) in [5.74, 6) is 0. The van der Waals surface area contributed by atoms with E-state index in [9.17, 15) is 0 Å². The van der Waals surface area contributed by atoms with Crippen molar-refractivity contribution in [3.63, 3.8) is 0 Å². The van der Waals surface area contributed by atoms with Crippen molar-refractivity contribution in [1.82, 2.24) is 0 Å². The number of thiocarbonyl (C=S) groups is 2. The maximum Gasteiger partial charge on any atom is 2.00 e. The normalized spacial score (nSPS) is 8.40. The third kappa shape index (κ3) is 31.3. The molecule has 0 fully saturated rings. The van der Waals surface area contributed by atoms with Crippen LogP contribution in [0.25, 0.3) is 0 Å². The monoisotopic (exact) mass is 329 g/mol. The third-order valence-electron chi connectivity index (χ3n) is 0.664. The Hall–Kier alpha value is 0.726. The quantitative estimate of drug-likeness (QED) is 0.568. The number of ether oxygens (including phenoxy) is 2.